The molecular formula is C30H31N3O5S3. The third-order valence-electron chi connectivity index (χ3n) is 7.11. The lowest BCUT2D eigenvalue weighted by atomic mass is 9.79. The Morgan fingerprint density at radius 1 is 0.805 bits per heavy atom. The maximum Gasteiger partial charge on any atom is 0.261 e. The number of amides is 1. The lowest BCUT2D eigenvalue weighted by Crippen LogP contribution is -2.55. The van der Waals surface area contributed by atoms with Crippen LogP contribution in [0.4, 0.5) is 11.4 Å². The summed E-state index contributed by atoms with van der Waals surface area (Å²) in [5.41, 5.74) is 4.12. The van der Waals surface area contributed by atoms with Crippen LogP contribution in [-0.4, -0.2) is 29.3 Å². The Morgan fingerprint density at radius 2 is 1.44 bits per heavy atom. The van der Waals surface area contributed by atoms with Crippen molar-refractivity contribution < 1.29 is 21.6 Å². The van der Waals surface area contributed by atoms with Crippen LogP contribution in [0.1, 0.15) is 35.6 Å². The number of aryl methyl sites for hydroxylation is 2. The van der Waals surface area contributed by atoms with Crippen LogP contribution in [0.5, 0.6) is 0 Å². The zero-order valence-electron chi connectivity index (χ0n) is 22.6. The molecule has 2 heterocycles. The first-order valence-corrected chi connectivity index (χ1v) is 17.0. The molecule has 0 aliphatic carbocycles. The summed E-state index contributed by atoms with van der Waals surface area (Å²) >= 11 is 1.16. The molecule has 3 aromatic carbocycles. The Hall–Kier alpha value is -3.51. The molecule has 0 bridgehead atoms. The van der Waals surface area contributed by atoms with E-state index in [1.54, 1.807) is 58.8 Å². The summed E-state index contributed by atoms with van der Waals surface area (Å²) in [6.07, 6.45) is 0.994. The minimum atomic E-state index is -3.75. The third-order valence-corrected chi connectivity index (χ3v) is 11.4. The lowest BCUT2D eigenvalue weighted by molar-refractivity contribution is -0.130. The SMILES string of the molecule is Cc1ccc(N2C(=O)[C@H](CCCNS(=O)(=O)c3cccs3)[C@H]2c2ccc(NS(=O)(=O)c3ccc(C)cc3)cc2)cc1. The van der Waals surface area contributed by atoms with E-state index in [0.29, 0.717) is 18.5 Å². The van der Waals surface area contributed by atoms with Crippen molar-refractivity contribution in [2.45, 2.75) is 41.8 Å². The van der Waals surface area contributed by atoms with Crippen LogP contribution < -0.4 is 14.3 Å². The zero-order chi connectivity index (χ0) is 29.2. The van der Waals surface area contributed by atoms with Gasteiger partial charge in [0.05, 0.1) is 16.9 Å². The monoisotopic (exact) mass is 609 g/mol. The summed E-state index contributed by atoms with van der Waals surface area (Å²) in [5, 5.41) is 1.71. The maximum atomic E-state index is 13.3. The second-order valence-electron chi connectivity index (χ2n) is 10.1. The van der Waals surface area contributed by atoms with Gasteiger partial charge in [0.1, 0.15) is 4.21 Å². The van der Waals surface area contributed by atoms with Crippen LogP contribution in [0.3, 0.4) is 0 Å². The van der Waals surface area contributed by atoms with Gasteiger partial charge in [0.25, 0.3) is 10.0 Å². The van der Waals surface area contributed by atoms with Crippen LogP contribution in [0.15, 0.2) is 99.4 Å². The van der Waals surface area contributed by atoms with Gasteiger partial charge in [0.2, 0.25) is 15.9 Å². The lowest BCUT2D eigenvalue weighted by Gasteiger charge is -2.47. The van der Waals surface area contributed by atoms with Gasteiger partial charge < -0.3 is 4.90 Å². The molecule has 1 aliphatic rings. The molecule has 0 radical (unpaired) electrons. The number of thiophene rings is 1. The quantitative estimate of drug-likeness (QED) is 0.169. The van der Waals surface area contributed by atoms with Crippen LogP contribution >= 0.6 is 11.3 Å². The van der Waals surface area contributed by atoms with Gasteiger partial charge in [0.15, 0.2) is 0 Å². The second kappa shape index (κ2) is 11.8. The van der Waals surface area contributed by atoms with Crippen LogP contribution in [-0.2, 0) is 24.8 Å². The van der Waals surface area contributed by atoms with E-state index in [2.05, 4.69) is 9.44 Å². The number of sulfonamides is 2. The van der Waals surface area contributed by atoms with Crippen molar-refractivity contribution in [3.05, 3.63) is 107 Å². The molecule has 1 aromatic heterocycles. The van der Waals surface area contributed by atoms with E-state index < -0.39 is 20.0 Å². The molecule has 4 aromatic rings. The van der Waals surface area contributed by atoms with E-state index in [0.717, 1.165) is 33.7 Å². The Balaban J connectivity index is 1.31. The fourth-order valence-corrected chi connectivity index (χ4v) is 8.07. The molecule has 0 unspecified atom stereocenters. The number of benzene rings is 3. The van der Waals surface area contributed by atoms with Crippen molar-refractivity contribution in [1.29, 1.82) is 0 Å². The van der Waals surface area contributed by atoms with Gasteiger partial charge in [-0.3, -0.25) is 9.52 Å². The topological polar surface area (TPSA) is 113 Å². The highest BCUT2D eigenvalue weighted by molar-refractivity contribution is 7.92. The predicted octanol–water partition coefficient (Wildman–Crippen LogP) is 5.63. The van der Waals surface area contributed by atoms with E-state index in [1.807, 2.05) is 50.2 Å². The average molecular weight is 610 g/mol. The van der Waals surface area contributed by atoms with E-state index >= 15 is 0 Å². The van der Waals surface area contributed by atoms with Crippen molar-refractivity contribution in [3.63, 3.8) is 0 Å². The van der Waals surface area contributed by atoms with Crippen molar-refractivity contribution >= 4 is 48.7 Å². The average Bonchev–Trinajstić information content (AvgIpc) is 3.50. The molecule has 0 saturated carbocycles. The molecule has 2 N–H and O–H groups in total. The number of rotatable bonds is 11. The fourth-order valence-electron chi connectivity index (χ4n) is 4.90. The highest BCUT2D eigenvalue weighted by Crippen LogP contribution is 2.45. The molecule has 1 fully saturated rings. The number of carbonyl (C=O) groups excluding carboxylic acids is 1. The number of nitrogens with zero attached hydrogens (tertiary/aromatic N) is 1. The van der Waals surface area contributed by atoms with E-state index in [1.165, 1.54) is 0 Å². The van der Waals surface area contributed by atoms with E-state index in [9.17, 15) is 21.6 Å². The smallest absolute Gasteiger partial charge is 0.261 e. The summed E-state index contributed by atoms with van der Waals surface area (Å²) in [5.74, 6) is -0.359. The predicted molar refractivity (Wildman–Crippen MR) is 162 cm³/mol. The van der Waals surface area contributed by atoms with Gasteiger partial charge in [-0.25, -0.2) is 21.6 Å². The molecule has 2 atom stereocenters. The number of hydrogen-bond acceptors (Lipinski definition) is 6. The van der Waals surface area contributed by atoms with Crippen LogP contribution in [0.2, 0.25) is 0 Å². The van der Waals surface area contributed by atoms with Crippen molar-refractivity contribution in [1.82, 2.24) is 4.72 Å². The Labute approximate surface area is 245 Å². The van der Waals surface area contributed by atoms with Gasteiger partial charge in [-0.15, -0.1) is 11.3 Å². The third kappa shape index (κ3) is 6.38. The van der Waals surface area contributed by atoms with Crippen LogP contribution in [0.25, 0.3) is 0 Å². The highest BCUT2D eigenvalue weighted by Gasteiger charge is 2.48. The summed E-state index contributed by atoms with van der Waals surface area (Å²) in [4.78, 5) is 15.3. The molecule has 41 heavy (non-hydrogen) atoms. The molecular weight excluding hydrogens is 579 g/mol. The zero-order valence-corrected chi connectivity index (χ0v) is 25.1. The van der Waals surface area contributed by atoms with Crippen molar-refractivity contribution in [2.75, 3.05) is 16.2 Å². The first-order chi connectivity index (χ1) is 19.5. The van der Waals surface area contributed by atoms with Crippen LogP contribution in [0, 0.1) is 19.8 Å². The van der Waals surface area contributed by atoms with Gasteiger partial charge in [0, 0.05) is 17.9 Å². The summed E-state index contributed by atoms with van der Waals surface area (Å²) in [6.45, 7) is 4.10. The number of carbonyl (C=O) groups is 1. The molecule has 11 heteroatoms. The Kier molecular flexibility index (Phi) is 8.32. The minimum Gasteiger partial charge on any atom is -0.304 e. The van der Waals surface area contributed by atoms with Gasteiger partial charge in [-0.05, 0) is 80.1 Å². The maximum absolute atomic E-state index is 13.3. The largest absolute Gasteiger partial charge is 0.304 e. The molecule has 5 rings (SSSR count). The minimum absolute atomic E-state index is 0.0240. The Bertz CT molecular complexity index is 1720. The van der Waals surface area contributed by atoms with E-state index in [4.69, 9.17) is 0 Å². The van der Waals surface area contributed by atoms with Crippen molar-refractivity contribution in [3.8, 4) is 0 Å². The first-order valence-electron chi connectivity index (χ1n) is 13.2. The molecule has 0 spiro atoms. The number of anilines is 2. The van der Waals surface area contributed by atoms with Crippen molar-refractivity contribution in [2.24, 2.45) is 5.92 Å². The van der Waals surface area contributed by atoms with Gasteiger partial charge in [-0.1, -0.05) is 53.6 Å². The molecule has 1 aliphatic heterocycles. The van der Waals surface area contributed by atoms with Gasteiger partial charge in [-0.2, -0.15) is 0 Å². The molecule has 214 valence electrons. The first kappa shape index (κ1) is 29.0. The van der Waals surface area contributed by atoms with Gasteiger partial charge >= 0.3 is 0 Å². The molecule has 1 saturated heterocycles. The normalized spacial score (nSPS) is 17.3. The number of nitrogens with one attached hydrogen (secondary N) is 2. The summed E-state index contributed by atoms with van der Waals surface area (Å²) in [7, 11) is -7.31. The number of β-lactam (4-membered cyclic amide) rings is 1. The second-order valence-corrected chi connectivity index (χ2v) is 14.7. The molecule has 1 amide bonds. The standard InChI is InChI=1S/C30H31N3O5S3/c1-21-7-15-25(16-8-21)33-29(27(30(33)34)5-3-19-31-41(37,38)28-6-4-20-39-28)23-11-13-24(14-12-23)32-40(35,36)26-17-9-22(2)10-18-26/h4,6-18,20,27,29,31-32H,3,5,19H2,1-2H3/t27-,29-/m1/s1. The number of hydrogen-bond donors (Lipinski definition) is 2. The van der Waals surface area contributed by atoms with E-state index in [-0.39, 0.29) is 33.5 Å². The summed E-state index contributed by atoms with van der Waals surface area (Å²) in [6, 6.07) is 24.4. The highest BCUT2D eigenvalue weighted by atomic mass is 32.2. The molecule has 8 nitrogen and oxygen atoms in total. The fraction of sp³-hybridized carbons (Fsp3) is 0.233. The Morgan fingerprint density at radius 3 is 2.05 bits per heavy atom. The summed E-state index contributed by atoms with van der Waals surface area (Å²) < 4.78 is 56.1.